The number of ether oxygens (including phenoxy) is 1. The van der Waals surface area contributed by atoms with Gasteiger partial charge in [0.05, 0.1) is 40.4 Å². The molecule has 3 heterocycles. The lowest BCUT2D eigenvalue weighted by atomic mass is 10.3. The monoisotopic (exact) mass is 418 g/mol. The van der Waals surface area contributed by atoms with Gasteiger partial charge in [0.1, 0.15) is 0 Å². The molecule has 2 aromatic heterocycles. The van der Waals surface area contributed by atoms with Gasteiger partial charge in [-0.25, -0.2) is 10.4 Å². The molecule has 9 heteroatoms. The summed E-state index contributed by atoms with van der Waals surface area (Å²) in [5.41, 5.74) is 3.55. The van der Waals surface area contributed by atoms with E-state index in [9.17, 15) is 4.79 Å². The van der Waals surface area contributed by atoms with Gasteiger partial charge in [-0.1, -0.05) is 23.9 Å². The number of hydrazone groups is 1. The van der Waals surface area contributed by atoms with Crippen LogP contribution in [0, 0.1) is 0 Å². The van der Waals surface area contributed by atoms with Crippen molar-refractivity contribution in [2.24, 2.45) is 5.10 Å². The number of thiophene rings is 1. The number of rotatable bonds is 6. The van der Waals surface area contributed by atoms with E-state index in [1.165, 1.54) is 16.8 Å². The van der Waals surface area contributed by atoms with Gasteiger partial charge >= 0.3 is 0 Å². The maximum atomic E-state index is 12.0. The van der Waals surface area contributed by atoms with Gasteiger partial charge < -0.3 is 9.64 Å². The minimum absolute atomic E-state index is 0.138. The molecule has 27 heavy (non-hydrogen) atoms. The van der Waals surface area contributed by atoms with Gasteiger partial charge in [0, 0.05) is 18.0 Å². The number of nitrogens with one attached hydrogen (secondary N) is 1. The Hall–Kier alpha value is -1.94. The molecule has 1 aliphatic rings. The molecule has 3 aromatic rings. The van der Waals surface area contributed by atoms with Crippen molar-refractivity contribution >= 4 is 61.8 Å². The number of fused-ring (bicyclic) bond motifs is 1. The minimum Gasteiger partial charge on any atom is -0.378 e. The standard InChI is InChI=1S/C18H18N4O2S3/c23-16(12-25-18-20-14-3-1-2-4-15(14)27-18)21-19-11-13-5-6-17(26-13)22-7-9-24-10-8-22/h1-6,11H,7-10,12H2,(H,21,23)/b19-11+. The van der Waals surface area contributed by atoms with Crippen molar-refractivity contribution in [2.75, 3.05) is 37.0 Å². The number of nitrogens with zero attached hydrogens (tertiary/aromatic N) is 3. The Kier molecular flexibility index (Phi) is 6.03. The fourth-order valence-corrected chi connectivity index (χ4v) is 5.40. The van der Waals surface area contributed by atoms with Crippen LogP contribution in [0.4, 0.5) is 5.00 Å². The first-order chi connectivity index (χ1) is 13.3. The molecule has 6 nitrogen and oxygen atoms in total. The highest BCUT2D eigenvalue weighted by Crippen LogP contribution is 2.29. The van der Waals surface area contributed by atoms with Crippen molar-refractivity contribution in [2.45, 2.75) is 4.34 Å². The summed E-state index contributed by atoms with van der Waals surface area (Å²) in [6.07, 6.45) is 1.69. The fourth-order valence-electron chi connectivity index (χ4n) is 2.61. The molecule has 0 saturated carbocycles. The molecule has 1 aliphatic heterocycles. The molecule has 0 unspecified atom stereocenters. The molecule has 1 fully saturated rings. The molecule has 0 atom stereocenters. The Morgan fingerprint density at radius 2 is 2.11 bits per heavy atom. The summed E-state index contributed by atoms with van der Waals surface area (Å²) in [4.78, 5) is 19.8. The molecule has 0 radical (unpaired) electrons. The van der Waals surface area contributed by atoms with Gasteiger partial charge in [-0.05, 0) is 24.3 Å². The van der Waals surface area contributed by atoms with Crippen molar-refractivity contribution in [3.8, 4) is 0 Å². The number of morpholine rings is 1. The summed E-state index contributed by atoms with van der Waals surface area (Å²) in [6.45, 7) is 3.36. The predicted octanol–water partition coefficient (Wildman–Crippen LogP) is 3.44. The number of aromatic nitrogens is 1. The number of hydrogen-bond donors (Lipinski definition) is 1. The molecule has 1 saturated heterocycles. The number of amides is 1. The SMILES string of the molecule is O=C(CSc1nc2ccccc2s1)N/N=C/c1ccc(N2CCOCC2)s1. The molecule has 0 bridgehead atoms. The minimum atomic E-state index is -0.138. The van der Waals surface area contributed by atoms with E-state index in [-0.39, 0.29) is 5.91 Å². The van der Waals surface area contributed by atoms with Crippen LogP contribution < -0.4 is 10.3 Å². The average molecular weight is 419 g/mol. The highest BCUT2D eigenvalue weighted by atomic mass is 32.2. The van der Waals surface area contributed by atoms with Gasteiger partial charge in [0.15, 0.2) is 4.34 Å². The zero-order chi connectivity index (χ0) is 18.5. The van der Waals surface area contributed by atoms with E-state index in [4.69, 9.17) is 4.74 Å². The number of thioether (sulfide) groups is 1. The van der Waals surface area contributed by atoms with E-state index in [0.717, 1.165) is 45.7 Å². The topological polar surface area (TPSA) is 66.8 Å². The summed E-state index contributed by atoms with van der Waals surface area (Å²) in [5.74, 6) is 0.154. The molecule has 1 amide bonds. The third kappa shape index (κ3) is 4.86. The first-order valence-corrected chi connectivity index (χ1v) is 11.1. The molecule has 1 aromatic carbocycles. The second kappa shape index (κ2) is 8.83. The number of benzene rings is 1. The van der Waals surface area contributed by atoms with E-state index >= 15 is 0 Å². The average Bonchev–Trinajstić information content (AvgIpc) is 3.34. The van der Waals surface area contributed by atoms with Crippen LogP contribution in [0.3, 0.4) is 0 Å². The molecule has 140 valence electrons. The third-order valence-electron chi connectivity index (χ3n) is 3.92. The maximum absolute atomic E-state index is 12.0. The fraction of sp³-hybridized carbons (Fsp3) is 0.278. The zero-order valence-corrected chi connectivity index (χ0v) is 16.9. The second-order valence-electron chi connectivity index (χ2n) is 5.80. The number of anilines is 1. The zero-order valence-electron chi connectivity index (χ0n) is 14.5. The molecule has 1 N–H and O–H groups in total. The van der Waals surface area contributed by atoms with Crippen LogP contribution in [0.5, 0.6) is 0 Å². The Morgan fingerprint density at radius 1 is 1.26 bits per heavy atom. The third-order valence-corrected chi connectivity index (χ3v) is 7.18. The number of carbonyl (C=O) groups excluding carboxylic acids is 1. The van der Waals surface area contributed by atoms with Crippen LogP contribution in [0.25, 0.3) is 10.2 Å². The Labute approximate surface area is 169 Å². The first-order valence-electron chi connectivity index (χ1n) is 8.51. The Bertz CT molecular complexity index is 914. The summed E-state index contributed by atoms with van der Waals surface area (Å²) in [6, 6.07) is 12.1. The van der Waals surface area contributed by atoms with Crippen molar-refractivity contribution in [1.82, 2.24) is 10.4 Å². The summed E-state index contributed by atoms with van der Waals surface area (Å²) in [7, 11) is 0. The summed E-state index contributed by atoms with van der Waals surface area (Å²) in [5, 5.41) is 5.27. The van der Waals surface area contributed by atoms with E-state index < -0.39 is 0 Å². The van der Waals surface area contributed by atoms with Gasteiger partial charge in [0.2, 0.25) is 0 Å². The van der Waals surface area contributed by atoms with E-state index in [1.807, 2.05) is 30.3 Å². The highest BCUT2D eigenvalue weighted by molar-refractivity contribution is 8.01. The summed E-state index contributed by atoms with van der Waals surface area (Å²) >= 11 is 4.69. The molecular weight excluding hydrogens is 400 g/mol. The van der Waals surface area contributed by atoms with Crippen molar-refractivity contribution in [3.05, 3.63) is 41.3 Å². The van der Waals surface area contributed by atoms with Crippen LogP contribution in [-0.2, 0) is 9.53 Å². The van der Waals surface area contributed by atoms with Crippen LogP contribution in [0.15, 0.2) is 45.8 Å². The smallest absolute Gasteiger partial charge is 0.250 e. The van der Waals surface area contributed by atoms with E-state index in [0.29, 0.717) is 5.75 Å². The number of thiazole rings is 1. The molecule has 0 aliphatic carbocycles. The first kappa shape index (κ1) is 18.4. The van der Waals surface area contributed by atoms with Crippen molar-refractivity contribution in [1.29, 1.82) is 0 Å². The van der Waals surface area contributed by atoms with Crippen LogP contribution in [-0.4, -0.2) is 49.2 Å². The molecule has 0 spiro atoms. The van der Waals surface area contributed by atoms with Crippen molar-refractivity contribution in [3.63, 3.8) is 0 Å². The van der Waals surface area contributed by atoms with Gasteiger partial charge in [-0.15, -0.1) is 22.7 Å². The normalized spacial score (nSPS) is 14.9. The lowest BCUT2D eigenvalue weighted by Crippen LogP contribution is -2.35. The largest absolute Gasteiger partial charge is 0.378 e. The molecule has 4 rings (SSSR count). The second-order valence-corrected chi connectivity index (χ2v) is 9.15. The lowest BCUT2D eigenvalue weighted by Gasteiger charge is -2.27. The maximum Gasteiger partial charge on any atom is 0.250 e. The lowest BCUT2D eigenvalue weighted by molar-refractivity contribution is -0.118. The molecular formula is C18H18N4O2S3. The van der Waals surface area contributed by atoms with Crippen LogP contribution >= 0.6 is 34.4 Å². The Morgan fingerprint density at radius 3 is 2.96 bits per heavy atom. The number of hydrogen-bond acceptors (Lipinski definition) is 8. The van der Waals surface area contributed by atoms with Crippen LogP contribution in [0.2, 0.25) is 0 Å². The van der Waals surface area contributed by atoms with E-state index in [1.54, 1.807) is 28.9 Å². The van der Waals surface area contributed by atoms with Gasteiger partial charge in [-0.2, -0.15) is 5.10 Å². The number of carbonyl (C=O) groups is 1. The predicted molar refractivity (Wildman–Crippen MR) is 113 cm³/mol. The van der Waals surface area contributed by atoms with Gasteiger partial charge in [0.25, 0.3) is 5.91 Å². The van der Waals surface area contributed by atoms with Crippen LogP contribution in [0.1, 0.15) is 4.88 Å². The highest BCUT2D eigenvalue weighted by Gasteiger charge is 2.12. The Balaban J connectivity index is 1.25. The summed E-state index contributed by atoms with van der Waals surface area (Å²) < 4.78 is 7.40. The quantitative estimate of drug-likeness (QED) is 0.377. The van der Waals surface area contributed by atoms with E-state index in [2.05, 4.69) is 26.5 Å². The van der Waals surface area contributed by atoms with Crippen molar-refractivity contribution < 1.29 is 9.53 Å². The number of para-hydroxylation sites is 1. The van der Waals surface area contributed by atoms with Gasteiger partial charge in [-0.3, -0.25) is 4.79 Å².